The summed E-state index contributed by atoms with van der Waals surface area (Å²) in [6.07, 6.45) is 17.2. The van der Waals surface area contributed by atoms with Crippen LogP contribution in [0.15, 0.2) is 0 Å². The molecule has 0 heterocycles. The van der Waals surface area contributed by atoms with Crippen LogP contribution in [0.5, 0.6) is 0 Å². The van der Waals surface area contributed by atoms with E-state index in [4.69, 9.17) is 41.0 Å². The lowest BCUT2D eigenvalue weighted by atomic mass is 10.1. The van der Waals surface area contributed by atoms with E-state index in [9.17, 15) is 9.13 Å². The summed E-state index contributed by atoms with van der Waals surface area (Å²) in [6.45, 7) is 9.10. The third-order valence-corrected chi connectivity index (χ3v) is 13.4. The number of hydrogen-bond acceptors (Lipinski definition) is 12. The summed E-state index contributed by atoms with van der Waals surface area (Å²) in [5.74, 6) is 0.955. The van der Waals surface area contributed by atoms with Crippen LogP contribution in [-0.4, -0.2) is 114 Å². The van der Waals surface area contributed by atoms with Gasteiger partial charge in [-0.05, 0) is 128 Å². The Morgan fingerprint density at radius 3 is 1.10 bits per heavy atom. The molecule has 0 radical (unpaired) electrons. The maximum Gasteiger partial charge on any atom is 0.331 e. The second kappa shape index (κ2) is 27.7. The van der Waals surface area contributed by atoms with Crippen molar-refractivity contribution in [3.8, 4) is 0 Å². The molecular formula is C34H74N6O6P2. The van der Waals surface area contributed by atoms with Gasteiger partial charge in [-0.25, -0.2) is 0 Å². The Morgan fingerprint density at radius 2 is 0.792 bits per heavy atom. The number of nitrogens with two attached hydrogens (primary N) is 4. The third kappa shape index (κ3) is 20.8. The lowest BCUT2D eigenvalue weighted by Crippen LogP contribution is -2.31. The summed E-state index contributed by atoms with van der Waals surface area (Å²) in [7, 11) is -6.44. The van der Waals surface area contributed by atoms with E-state index < -0.39 is 15.2 Å². The van der Waals surface area contributed by atoms with Gasteiger partial charge in [0.2, 0.25) is 0 Å². The first kappa shape index (κ1) is 44.2. The van der Waals surface area contributed by atoms with Gasteiger partial charge in [0.15, 0.2) is 0 Å². The van der Waals surface area contributed by atoms with Crippen LogP contribution in [0.25, 0.3) is 0 Å². The molecule has 286 valence electrons. The van der Waals surface area contributed by atoms with Gasteiger partial charge in [-0.15, -0.1) is 0 Å². The van der Waals surface area contributed by atoms with Crippen molar-refractivity contribution in [1.82, 2.24) is 9.80 Å². The van der Waals surface area contributed by atoms with Crippen LogP contribution < -0.4 is 22.9 Å². The fourth-order valence-corrected chi connectivity index (χ4v) is 9.96. The number of hydrogen-bond donors (Lipinski definition) is 4. The van der Waals surface area contributed by atoms with Crippen molar-refractivity contribution in [2.24, 2.45) is 34.8 Å². The van der Waals surface area contributed by atoms with Crippen molar-refractivity contribution in [3.63, 3.8) is 0 Å². The van der Waals surface area contributed by atoms with Gasteiger partial charge in [-0.2, -0.15) is 0 Å². The molecule has 0 aromatic rings. The zero-order chi connectivity index (χ0) is 34.8. The number of rotatable bonds is 33. The predicted octanol–water partition coefficient (Wildman–Crippen LogP) is 5.38. The molecule has 8 N–H and O–H groups in total. The zero-order valence-electron chi connectivity index (χ0n) is 30.3. The molecule has 0 aromatic carbocycles. The molecule has 2 fully saturated rings. The highest BCUT2D eigenvalue weighted by Crippen LogP contribution is 2.50. The number of nitrogens with zero attached hydrogens (tertiary/aromatic N) is 2. The third-order valence-electron chi connectivity index (χ3n) is 9.67. The molecular weight excluding hydrogens is 650 g/mol. The van der Waals surface area contributed by atoms with Crippen LogP contribution in [0.2, 0.25) is 0 Å². The fraction of sp³-hybridized carbons (Fsp3) is 1.00. The van der Waals surface area contributed by atoms with Crippen molar-refractivity contribution in [2.45, 2.75) is 103 Å². The number of unbranched alkanes of at least 4 members (excludes halogenated alkanes) is 3. The van der Waals surface area contributed by atoms with Crippen molar-refractivity contribution in [3.05, 3.63) is 0 Å². The van der Waals surface area contributed by atoms with Gasteiger partial charge in [0.25, 0.3) is 0 Å². The van der Waals surface area contributed by atoms with Gasteiger partial charge in [-0.1, -0.05) is 38.5 Å². The lowest BCUT2D eigenvalue weighted by molar-refractivity contribution is 0.168. The molecule has 0 bridgehead atoms. The lowest BCUT2D eigenvalue weighted by Gasteiger charge is -2.26. The van der Waals surface area contributed by atoms with Gasteiger partial charge in [0.1, 0.15) is 0 Å². The predicted molar refractivity (Wildman–Crippen MR) is 199 cm³/mol. The van der Waals surface area contributed by atoms with Crippen LogP contribution in [0.4, 0.5) is 0 Å². The van der Waals surface area contributed by atoms with Crippen LogP contribution >= 0.6 is 15.2 Å². The van der Waals surface area contributed by atoms with Gasteiger partial charge >= 0.3 is 15.2 Å². The summed E-state index contributed by atoms with van der Waals surface area (Å²) in [4.78, 5) is 4.56. The molecule has 2 saturated carbocycles. The smallest absolute Gasteiger partial charge is 0.330 e. The van der Waals surface area contributed by atoms with E-state index in [1.165, 1.54) is 25.7 Å². The Hall–Kier alpha value is 0.0600. The van der Waals surface area contributed by atoms with Gasteiger partial charge < -0.3 is 50.8 Å². The maximum absolute atomic E-state index is 13.8. The summed E-state index contributed by atoms with van der Waals surface area (Å²) >= 11 is 0. The highest BCUT2D eigenvalue weighted by atomic mass is 31.2. The summed E-state index contributed by atoms with van der Waals surface area (Å²) in [6, 6.07) is 0. The SMILES string of the molecule is NCCCN(CCCN)CCP(=O)(OCCCCCCOP(=O)(CCN(CCCN)CCCN)OCC1CCCC1)OCC1CCCC1. The first-order chi connectivity index (χ1) is 23.3. The average molecular weight is 725 g/mol. The highest BCUT2D eigenvalue weighted by molar-refractivity contribution is 7.54. The van der Waals surface area contributed by atoms with E-state index in [-0.39, 0.29) is 0 Å². The molecule has 12 nitrogen and oxygen atoms in total. The maximum atomic E-state index is 13.8. The topological polar surface area (TPSA) is 182 Å². The first-order valence-corrected chi connectivity index (χ1v) is 22.8. The first-order valence-electron chi connectivity index (χ1n) is 19.4. The van der Waals surface area contributed by atoms with Crippen LogP contribution in [-0.2, 0) is 27.2 Å². The molecule has 0 aliphatic heterocycles. The Bertz CT molecular complexity index is 782. The van der Waals surface area contributed by atoms with E-state index in [2.05, 4.69) is 9.80 Å². The largest absolute Gasteiger partial charge is 0.331 e. The van der Waals surface area contributed by atoms with Gasteiger partial charge in [0, 0.05) is 13.1 Å². The molecule has 2 rings (SSSR count). The Labute approximate surface area is 293 Å². The van der Waals surface area contributed by atoms with E-state index >= 15 is 0 Å². The Kier molecular flexibility index (Phi) is 25.5. The van der Waals surface area contributed by atoms with Gasteiger partial charge in [0.05, 0.1) is 38.8 Å². The minimum atomic E-state index is -3.22. The molecule has 2 unspecified atom stereocenters. The Balaban J connectivity index is 1.79. The fourth-order valence-electron chi connectivity index (χ4n) is 6.55. The summed E-state index contributed by atoms with van der Waals surface area (Å²) < 4.78 is 51.9. The molecule has 0 saturated heterocycles. The van der Waals surface area contributed by atoms with Crippen molar-refractivity contribution >= 4 is 15.2 Å². The van der Waals surface area contributed by atoms with Gasteiger partial charge in [-0.3, -0.25) is 9.13 Å². The van der Waals surface area contributed by atoms with Crippen LogP contribution in [0, 0.1) is 11.8 Å². The van der Waals surface area contributed by atoms with Crippen molar-refractivity contribution in [1.29, 1.82) is 0 Å². The second-order valence-corrected chi connectivity index (χ2v) is 18.3. The molecule has 2 aliphatic carbocycles. The van der Waals surface area contributed by atoms with E-state index in [1.54, 1.807) is 0 Å². The van der Waals surface area contributed by atoms with E-state index in [0.717, 1.165) is 103 Å². The molecule has 0 spiro atoms. The molecule has 2 atom stereocenters. The molecule has 48 heavy (non-hydrogen) atoms. The second-order valence-electron chi connectivity index (χ2n) is 13.9. The molecule has 0 aromatic heterocycles. The normalized spacial score (nSPS) is 18.7. The summed E-state index contributed by atoms with van der Waals surface area (Å²) in [5.41, 5.74) is 23.0. The van der Waals surface area contributed by atoms with E-state index in [0.29, 0.717) is 89.9 Å². The zero-order valence-corrected chi connectivity index (χ0v) is 32.1. The average Bonchev–Trinajstić information content (AvgIpc) is 3.82. The standard InChI is InChI=1S/C34H74N6O6P2/c35-17-9-21-39(22-10-18-36)25-29-47(41,45-31-33-13-3-4-14-33)43-27-7-1-2-8-28-44-48(42,46-32-34-15-5-6-16-34)30-26-40(23-11-19-37)24-12-20-38/h33-34H,1-32,35-38H2. The summed E-state index contributed by atoms with van der Waals surface area (Å²) in [5, 5.41) is 0. The molecule has 2 aliphatic rings. The minimum Gasteiger partial charge on any atom is -0.330 e. The molecule has 14 heteroatoms. The van der Waals surface area contributed by atoms with Crippen LogP contribution in [0.3, 0.4) is 0 Å². The Morgan fingerprint density at radius 1 is 0.458 bits per heavy atom. The van der Waals surface area contributed by atoms with Crippen molar-refractivity contribution in [2.75, 3.05) is 104 Å². The minimum absolute atomic E-state index is 0.384. The molecule has 0 amide bonds. The monoisotopic (exact) mass is 725 g/mol. The highest BCUT2D eigenvalue weighted by Gasteiger charge is 2.29. The van der Waals surface area contributed by atoms with E-state index in [1.807, 2.05) is 0 Å². The quantitative estimate of drug-likeness (QED) is 0.0502. The van der Waals surface area contributed by atoms with Crippen molar-refractivity contribution < 1.29 is 27.2 Å². The van der Waals surface area contributed by atoms with Crippen LogP contribution in [0.1, 0.15) is 103 Å².